The van der Waals surface area contributed by atoms with Crippen molar-refractivity contribution in [3.05, 3.63) is 89.4 Å². The Morgan fingerprint density at radius 2 is 1.77 bits per heavy atom. The van der Waals surface area contributed by atoms with Gasteiger partial charge in [-0.3, -0.25) is 4.79 Å². The molecule has 2 heterocycles. The molecule has 160 valence electrons. The summed E-state index contributed by atoms with van der Waals surface area (Å²) in [6.07, 6.45) is 4.08. The number of nitrogens with zero attached hydrogens (tertiary/aromatic N) is 3. The zero-order valence-electron chi connectivity index (χ0n) is 18.4. The van der Waals surface area contributed by atoms with Crippen molar-refractivity contribution in [2.75, 3.05) is 18.5 Å². The van der Waals surface area contributed by atoms with Crippen molar-refractivity contribution >= 4 is 17.6 Å². The van der Waals surface area contributed by atoms with E-state index in [2.05, 4.69) is 49.1 Å². The van der Waals surface area contributed by atoms with Gasteiger partial charge in [-0.25, -0.2) is 9.89 Å². The summed E-state index contributed by atoms with van der Waals surface area (Å²) in [5, 5.41) is 0. The first-order valence-corrected chi connectivity index (χ1v) is 10.8. The Bertz CT molecular complexity index is 1040. The third-order valence-corrected chi connectivity index (χ3v) is 5.55. The van der Waals surface area contributed by atoms with Crippen molar-refractivity contribution in [1.82, 2.24) is 4.90 Å². The van der Waals surface area contributed by atoms with Gasteiger partial charge in [0.1, 0.15) is 11.8 Å². The van der Waals surface area contributed by atoms with Crippen LogP contribution in [0, 0.1) is 13.8 Å². The van der Waals surface area contributed by atoms with Gasteiger partial charge in [0.15, 0.2) is 0 Å². The van der Waals surface area contributed by atoms with Gasteiger partial charge < -0.3 is 9.32 Å². The van der Waals surface area contributed by atoms with E-state index in [1.54, 1.807) is 11.2 Å². The van der Waals surface area contributed by atoms with Crippen LogP contribution in [0.15, 0.2) is 76.3 Å². The van der Waals surface area contributed by atoms with Crippen LogP contribution in [0.3, 0.4) is 0 Å². The molecule has 1 amide bonds. The maximum absolute atomic E-state index is 13.5. The fourth-order valence-corrected chi connectivity index (χ4v) is 4.11. The molecule has 0 radical (unpaired) electrons. The fraction of sp³-hybridized carbons (Fsp3) is 0.308. The first kappa shape index (κ1) is 20.9. The van der Waals surface area contributed by atoms with Crippen molar-refractivity contribution in [2.24, 2.45) is 4.99 Å². The molecule has 0 saturated carbocycles. The number of aryl methyl sites for hydroxylation is 3. The average Bonchev–Trinajstić information content (AvgIpc) is 3.36. The van der Waals surface area contributed by atoms with Crippen LogP contribution in [-0.2, 0) is 17.6 Å². The molecule has 0 saturated heterocycles. The molecule has 5 heteroatoms. The zero-order chi connectivity index (χ0) is 21.8. The van der Waals surface area contributed by atoms with Crippen molar-refractivity contribution in [2.45, 2.75) is 39.2 Å². The number of carbonyl (C=O) groups excluding carboxylic acids is 1. The molecule has 0 N–H and O–H groups in total. The molecule has 2 aromatic carbocycles. The van der Waals surface area contributed by atoms with E-state index >= 15 is 0 Å². The van der Waals surface area contributed by atoms with Crippen molar-refractivity contribution < 1.29 is 9.21 Å². The molecule has 1 aliphatic heterocycles. The van der Waals surface area contributed by atoms with Crippen molar-refractivity contribution in [3.63, 3.8) is 0 Å². The molecular formula is C26H29N3O2. The van der Waals surface area contributed by atoms with Gasteiger partial charge in [-0.15, -0.1) is 0 Å². The lowest BCUT2D eigenvalue weighted by Gasteiger charge is -2.27. The van der Waals surface area contributed by atoms with E-state index in [4.69, 9.17) is 9.41 Å². The average molecular weight is 416 g/mol. The van der Waals surface area contributed by atoms with Gasteiger partial charge in [-0.05, 0) is 61.2 Å². The molecule has 0 spiro atoms. The predicted octanol–water partition coefficient (Wildman–Crippen LogP) is 4.77. The van der Waals surface area contributed by atoms with E-state index in [9.17, 15) is 4.79 Å². The lowest BCUT2D eigenvalue weighted by Crippen LogP contribution is -2.44. The molecule has 0 aliphatic carbocycles. The van der Waals surface area contributed by atoms with Gasteiger partial charge in [-0.1, -0.05) is 36.4 Å². The van der Waals surface area contributed by atoms with E-state index < -0.39 is 6.04 Å². The van der Waals surface area contributed by atoms with Gasteiger partial charge in [-0.2, -0.15) is 0 Å². The number of furan rings is 1. The maximum atomic E-state index is 13.5. The van der Waals surface area contributed by atoms with Gasteiger partial charge in [0.25, 0.3) is 5.91 Å². The number of anilines is 1. The van der Waals surface area contributed by atoms with Gasteiger partial charge in [0.2, 0.25) is 5.96 Å². The van der Waals surface area contributed by atoms with Crippen LogP contribution in [0.5, 0.6) is 0 Å². The van der Waals surface area contributed by atoms with Crippen LogP contribution >= 0.6 is 0 Å². The highest BCUT2D eigenvalue weighted by Crippen LogP contribution is 2.27. The summed E-state index contributed by atoms with van der Waals surface area (Å²) >= 11 is 0. The summed E-state index contributed by atoms with van der Waals surface area (Å²) in [4.78, 5) is 22.2. The Hall–Kier alpha value is -3.34. The number of amides is 1. The fourth-order valence-electron chi connectivity index (χ4n) is 4.11. The zero-order valence-corrected chi connectivity index (χ0v) is 18.4. The molecule has 5 nitrogen and oxygen atoms in total. The van der Waals surface area contributed by atoms with Crippen molar-refractivity contribution in [3.8, 4) is 0 Å². The summed E-state index contributed by atoms with van der Waals surface area (Å²) in [6.45, 7) is 4.90. The SMILES string of the molecule is Cc1cc(C)cc(N2C(=O)C(Cc3ccccc3)N=C2N(C)CCCc2ccco2)c1. The van der Waals surface area contributed by atoms with Gasteiger partial charge in [0, 0.05) is 26.4 Å². The first-order valence-electron chi connectivity index (χ1n) is 10.8. The van der Waals surface area contributed by atoms with Crippen LogP contribution in [-0.4, -0.2) is 36.4 Å². The van der Waals surface area contributed by atoms with Crippen LogP contribution in [0.2, 0.25) is 0 Å². The Morgan fingerprint density at radius 3 is 2.45 bits per heavy atom. The Labute approximate surface area is 184 Å². The van der Waals surface area contributed by atoms with E-state index in [1.165, 1.54) is 0 Å². The molecule has 1 unspecified atom stereocenters. The Kier molecular flexibility index (Phi) is 6.21. The summed E-state index contributed by atoms with van der Waals surface area (Å²) in [5.74, 6) is 1.73. The standard InChI is InChI=1S/C26H29N3O2/c1-19-15-20(2)17-22(16-19)29-25(30)24(18-21-9-5-4-6-10-21)27-26(29)28(3)13-7-11-23-12-8-14-31-23/h4-6,8-10,12,14-17,24H,7,11,13,18H2,1-3H3. The lowest BCUT2D eigenvalue weighted by atomic mass is 10.1. The molecule has 31 heavy (non-hydrogen) atoms. The Balaban J connectivity index is 1.57. The second kappa shape index (κ2) is 9.21. The summed E-state index contributed by atoms with van der Waals surface area (Å²) in [5.41, 5.74) is 4.27. The van der Waals surface area contributed by atoms with Crippen LogP contribution in [0.25, 0.3) is 0 Å². The predicted molar refractivity (Wildman–Crippen MR) is 124 cm³/mol. The van der Waals surface area contributed by atoms with E-state index in [-0.39, 0.29) is 5.91 Å². The molecule has 0 bridgehead atoms. The van der Waals surface area contributed by atoms with Crippen LogP contribution < -0.4 is 4.90 Å². The number of aliphatic imine (C=N–C) groups is 1. The van der Waals surface area contributed by atoms with Gasteiger partial charge >= 0.3 is 0 Å². The Morgan fingerprint density at radius 1 is 1.03 bits per heavy atom. The minimum Gasteiger partial charge on any atom is -0.469 e. The minimum absolute atomic E-state index is 0.0294. The number of rotatable bonds is 7. The maximum Gasteiger partial charge on any atom is 0.259 e. The topological polar surface area (TPSA) is 49.1 Å². The summed E-state index contributed by atoms with van der Waals surface area (Å²) in [6, 6.07) is 19.8. The van der Waals surface area contributed by atoms with E-state index in [0.29, 0.717) is 6.42 Å². The largest absolute Gasteiger partial charge is 0.469 e. The highest BCUT2D eigenvalue weighted by Gasteiger charge is 2.37. The third kappa shape index (κ3) is 4.88. The molecule has 1 aromatic heterocycles. The minimum atomic E-state index is -0.411. The highest BCUT2D eigenvalue weighted by atomic mass is 16.3. The van der Waals surface area contributed by atoms with Gasteiger partial charge in [0.05, 0.1) is 12.0 Å². The number of hydrogen-bond donors (Lipinski definition) is 0. The number of hydrogen-bond acceptors (Lipinski definition) is 4. The first-order chi connectivity index (χ1) is 15.0. The third-order valence-electron chi connectivity index (χ3n) is 5.55. The highest BCUT2D eigenvalue weighted by molar-refractivity contribution is 6.22. The van der Waals surface area contributed by atoms with E-state index in [0.717, 1.165) is 53.5 Å². The number of benzene rings is 2. The summed E-state index contributed by atoms with van der Waals surface area (Å²) < 4.78 is 5.44. The second-order valence-electron chi connectivity index (χ2n) is 8.26. The second-order valence-corrected chi connectivity index (χ2v) is 8.26. The molecule has 3 aromatic rings. The normalized spacial score (nSPS) is 16.0. The van der Waals surface area contributed by atoms with Crippen LogP contribution in [0.1, 0.15) is 28.9 Å². The molecular weight excluding hydrogens is 386 g/mol. The summed E-state index contributed by atoms with van der Waals surface area (Å²) in [7, 11) is 2.01. The number of guanidine groups is 1. The monoisotopic (exact) mass is 415 g/mol. The van der Waals surface area contributed by atoms with Crippen LogP contribution in [0.4, 0.5) is 5.69 Å². The lowest BCUT2D eigenvalue weighted by molar-refractivity contribution is -0.118. The van der Waals surface area contributed by atoms with E-state index in [1.807, 2.05) is 37.4 Å². The molecule has 0 fully saturated rings. The molecule has 1 aliphatic rings. The number of carbonyl (C=O) groups is 1. The molecule has 1 atom stereocenters. The molecule has 4 rings (SSSR count). The van der Waals surface area contributed by atoms with Crippen molar-refractivity contribution in [1.29, 1.82) is 0 Å². The smallest absolute Gasteiger partial charge is 0.259 e. The quantitative estimate of drug-likeness (QED) is 0.558.